The zero-order valence-corrected chi connectivity index (χ0v) is 11.3. The van der Waals surface area contributed by atoms with Gasteiger partial charge in [-0.05, 0) is 19.1 Å². The fraction of sp³-hybridized carbons (Fsp3) is 0.750. The van der Waals surface area contributed by atoms with Crippen LogP contribution < -0.4 is 5.32 Å². The van der Waals surface area contributed by atoms with Crippen molar-refractivity contribution in [1.82, 2.24) is 10.2 Å². The number of carbonyl (C=O) groups is 3. The van der Waals surface area contributed by atoms with Gasteiger partial charge >= 0.3 is 6.03 Å². The average Bonchev–Trinajstić information content (AvgIpc) is 2.38. The molecule has 0 aromatic heterocycles. The number of carbonyl (C=O) groups excluding carboxylic acids is 3. The maximum atomic E-state index is 12.5. The van der Waals surface area contributed by atoms with Crippen molar-refractivity contribution < 1.29 is 14.4 Å². The van der Waals surface area contributed by atoms with E-state index in [-0.39, 0.29) is 5.91 Å². The third-order valence-corrected chi connectivity index (χ3v) is 4.37. The van der Waals surface area contributed by atoms with Crippen LogP contribution in [0.15, 0.2) is 0 Å². The fourth-order valence-electron chi connectivity index (χ4n) is 2.71. The van der Waals surface area contributed by atoms with Crippen molar-refractivity contribution in [2.24, 2.45) is 5.41 Å². The second-order valence-corrected chi connectivity index (χ2v) is 5.84. The largest absolute Gasteiger partial charge is 0.330 e. The van der Waals surface area contributed by atoms with Gasteiger partial charge < -0.3 is 0 Å². The number of urea groups is 1. The highest BCUT2D eigenvalue weighted by Crippen LogP contribution is 2.40. The van der Waals surface area contributed by atoms with Gasteiger partial charge in [0.1, 0.15) is 5.41 Å². The number of rotatable bonds is 3. The van der Waals surface area contributed by atoms with Crippen LogP contribution in [0.4, 0.5) is 4.79 Å². The van der Waals surface area contributed by atoms with Crippen molar-refractivity contribution in [1.29, 1.82) is 0 Å². The topological polar surface area (TPSA) is 66.5 Å². The van der Waals surface area contributed by atoms with Crippen molar-refractivity contribution in [3.63, 3.8) is 0 Å². The number of barbiturate groups is 1. The Morgan fingerprint density at radius 1 is 1.22 bits per heavy atom. The van der Waals surface area contributed by atoms with Gasteiger partial charge in [0, 0.05) is 12.3 Å². The van der Waals surface area contributed by atoms with E-state index in [9.17, 15) is 14.4 Å². The van der Waals surface area contributed by atoms with E-state index < -0.39 is 17.4 Å². The van der Waals surface area contributed by atoms with Gasteiger partial charge in [-0.25, -0.2) is 4.79 Å². The molecule has 0 aromatic carbocycles. The summed E-state index contributed by atoms with van der Waals surface area (Å²) in [6.07, 6.45) is 5.88. The maximum absolute atomic E-state index is 12.5. The zero-order valence-electron chi connectivity index (χ0n) is 10.5. The summed E-state index contributed by atoms with van der Waals surface area (Å²) in [4.78, 5) is 37.4. The van der Waals surface area contributed by atoms with Crippen molar-refractivity contribution >= 4 is 29.6 Å². The number of imide groups is 2. The maximum Gasteiger partial charge on any atom is 0.330 e. The highest BCUT2D eigenvalue weighted by Gasteiger charge is 2.53. The zero-order chi connectivity index (χ0) is 13.2. The van der Waals surface area contributed by atoms with Crippen LogP contribution >= 0.6 is 11.8 Å². The van der Waals surface area contributed by atoms with Gasteiger partial charge in [-0.3, -0.25) is 19.8 Å². The SMILES string of the molecule is CSCCN1C(=O)NC(=O)C2(CCCCC2)C1=O. The molecule has 2 rings (SSSR count). The Morgan fingerprint density at radius 2 is 1.89 bits per heavy atom. The molecule has 0 unspecified atom stereocenters. The number of thioether (sulfide) groups is 1. The monoisotopic (exact) mass is 270 g/mol. The predicted molar refractivity (Wildman–Crippen MR) is 69.2 cm³/mol. The minimum atomic E-state index is -0.968. The van der Waals surface area contributed by atoms with Gasteiger partial charge in [-0.1, -0.05) is 19.3 Å². The second-order valence-electron chi connectivity index (χ2n) is 4.85. The van der Waals surface area contributed by atoms with E-state index in [2.05, 4.69) is 5.32 Å². The molecule has 18 heavy (non-hydrogen) atoms. The predicted octanol–water partition coefficient (Wildman–Crippen LogP) is 1.38. The highest BCUT2D eigenvalue weighted by molar-refractivity contribution is 7.98. The quantitative estimate of drug-likeness (QED) is 0.787. The van der Waals surface area contributed by atoms with E-state index in [0.717, 1.165) is 19.3 Å². The molecule has 0 atom stereocenters. The summed E-state index contributed by atoms with van der Waals surface area (Å²) < 4.78 is 0. The number of nitrogens with one attached hydrogen (secondary N) is 1. The lowest BCUT2D eigenvalue weighted by Crippen LogP contribution is -2.64. The van der Waals surface area contributed by atoms with Crippen LogP contribution in [0.2, 0.25) is 0 Å². The molecule has 1 saturated carbocycles. The van der Waals surface area contributed by atoms with E-state index in [4.69, 9.17) is 0 Å². The van der Waals surface area contributed by atoms with Gasteiger partial charge in [-0.15, -0.1) is 0 Å². The van der Waals surface area contributed by atoms with Gasteiger partial charge in [0.15, 0.2) is 0 Å². The molecule has 2 fully saturated rings. The molecule has 100 valence electrons. The fourth-order valence-corrected chi connectivity index (χ4v) is 3.08. The van der Waals surface area contributed by atoms with Crippen LogP contribution in [-0.4, -0.2) is 41.3 Å². The van der Waals surface area contributed by atoms with E-state index in [1.807, 2.05) is 6.26 Å². The molecular formula is C12H18N2O3S. The first-order valence-electron chi connectivity index (χ1n) is 6.28. The van der Waals surface area contributed by atoms with E-state index in [1.54, 1.807) is 11.8 Å². The lowest BCUT2D eigenvalue weighted by atomic mass is 9.71. The first kappa shape index (κ1) is 13.4. The molecule has 0 bridgehead atoms. The summed E-state index contributed by atoms with van der Waals surface area (Å²) in [5.74, 6) is 0.0197. The van der Waals surface area contributed by atoms with Gasteiger partial charge in [-0.2, -0.15) is 11.8 Å². The minimum absolute atomic E-state index is 0.287. The smallest absolute Gasteiger partial charge is 0.277 e. The molecule has 1 heterocycles. The van der Waals surface area contributed by atoms with Crippen molar-refractivity contribution in [3.8, 4) is 0 Å². The summed E-state index contributed by atoms with van der Waals surface area (Å²) in [6.45, 7) is 0.376. The van der Waals surface area contributed by atoms with Gasteiger partial charge in [0.2, 0.25) is 11.8 Å². The number of nitrogens with zero attached hydrogens (tertiary/aromatic N) is 1. The Bertz CT molecular complexity index is 378. The number of hydrogen-bond donors (Lipinski definition) is 1. The Kier molecular flexibility index (Phi) is 3.94. The summed E-state index contributed by atoms with van der Waals surface area (Å²) in [7, 11) is 0. The molecule has 5 nitrogen and oxygen atoms in total. The van der Waals surface area contributed by atoms with E-state index >= 15 is 0 Å². The summed E-state index contributed by atoms with van der Waals surface area (Å²) >= 11 is 1.58. The van der Waals surface area contributed by atoms with Crippen LogP contribution in [-0.2, 0) is 9.59 Å². The standard InChI is InChI=1S/C12H18N2O3S/c1-18-8-7-14-10(16)12(5-3-2-4-6-12)9(15)13-11(14)17/h2-8H2,1H3,(H,13,15,17). The van der Waals surface area contributed by atoms with Crippen LogP contribution in [0.1, 0.15) is 32.1 Å². The summed E-state index contributed by atoms with van der Waals surface area (Å²) in [5, 5.41) is 2.35. The molecule has 6 heteroatoms. The molecular weight excluding hydrogens is 252 g/mol. The molecule has 2 aliphatic rings. The van der Waals surface area contributed by atoms with Crippen LogP contribution in [0.25, 0.3) is 0 Å². The summed E-state index contributed by atoms with van der Waals surface area (Å²) in [6, 6.07) is -0.560. The Balaban J connectivity index is 2.21. The van der Waals surface area contributed by atoms with Crippen molar-refractivity contribution in [2.45, 2.75) is 32.1 Å². The first-order valence-corrected chi connectivity index (χ1v) is 7.67. The summed E-state index contributed by atoms with van der Waals surface area (Å²) in [5.41, 5.74) is -0.968. The molecule has 1 aliphatic heterocycles. The first-order chi connectivity index (χ1) is 8.62. The Hall–Kier alpha value is -1.04. The minimum Gasteiger partial charge on any atom is -0.277 e. The Labute approximate surface area is 111 Å². The van der Waals surface area contributed by atoms with Crippen LogP contribution in [0.3, 0.4) is 0 Å². The van der Waals surface area contributed by atoms with E-state index in [0.29, 0.717) is 25.1 Å². The third kappa shape index (κ3) is 2.13. The third-order valence-electron chi connectivity index (χ3n) is 3.78. The van der Waals surface area contributed by atoms with Gasteiger partial charge in [0.25, 0.3) is 0 Å². The average molecular weight is 270 g/mol. The van der Waals surface area contributed by atoms with Crippen molar-refractivity contribution in [2.75, 3.05) is 18.6 Å². The molecule has 1 spiro atoms. The molecule has 0 radical (unpaired) electrons. The number of hydrogen-bond acceptors (Lipinski definition) is 4. The molecule has 1 aliphatic carbocycles. The number of amides is 4. The molecule has 1 N–H and O–H groups in total. The normalized spacial score (nSPS) is 23.4. The van der Waals surface area contributed by atoms with Gasteiger partial charge in [0.05, 0.1) is 0 Å². The Morgan fingerprint density at radius 3 is 2.50 bits per heavy atom. The lowest BCUT2D eigenvalue weighted by Gasteiger charge is -2.41. The van der Waals surface area contributed by atoms with Crippen LogP contribution in [0, 0.1) is 5.41 Å². The molecule has 1 saturated heterocycles. The molecule has 4 amide bonds. The van der Waals surface area contributed by atoms with Crippen molar-refractivity contribution in [3.05, 3.63) is 0 Å². The van der Waals surface area contributed by atoms with E-state index in [1.165, 1.54) is 4.90 Å². The lowest BCUT2D eigenvalue weighted by molar-refractivity contribution is -0.153. The molecule has 0 aromatic rings. The second kappa shape index (κ2) is 5.30. The highest BCUT2D eigenvalue weighted by atomic mass is 32.2. The van der Waals surface area contributed by atoms with Crippen LogP contribution in [0.5, 0.6) is 0 Å².